The number of carbonyl (C=O) groups is 3. The molecule has 0 aliphatic carbocycles. The molecule has 9 heteroatoms. The second kappa shape index (κ2) is 14.6. The van der Waals surface area contributed by atoms with Gasteiger partial charge in [0, 0.05) is 61.8 Å². The zero-order chi connectivity index (χ0) is 31.8. The molecule has 0 amide bonds. The fourth-order valence-electron chi connectivity index (χ4n) is 4.62. The van der Waals surface area contributed by atoms with Gasteiger partial charge in [0.15, 0.2) is 5.78 Å². The quantitative estimate of drug-likeness (QED) is 0.120. The lowest BCUT2D eigenvalue weighted by Gasteiger charge is -2.27. The first-order valence-electron chi connectivity index (χ1n) is 14.5. The van der Waals surface area contributed by atoms with Crippen LogP contribution in [-0.4, -0.2) is 52.7 Å². The van der Waals surface area contributed by atoms with Crippen molar-refractivity contribution in [1.29, 1.82) is 0 Å². The Bertz CT molecular complexity index is 1310. The summed E-state index contributed by atoms with van der Waals surface area (Å²) < 4.78 is 18.2. The number of carbonyl (C=O) groups excluding carboxylic acids is 3. The predicted octanol–water partition coefficient (Wildman–Crippen LogP) is 5.63. The minimum Gasteiger partial charge on any atom is -0.466 e. The summed E-state index contributed by atoms with van der Waals surface area (Å²) in [6, 6.07) is 7.85. The molecule has 0 aliphatic rings. The molecule has 9 nitrogen and oxygen atoms in total. The third-order valence-electron chi connectivity index (χ3n) is 7.83. The van der Waals surface area contributed by atoms with Crippen molar-refractivity contribution in [3.63, 3.8) is 0 Å². The summed E-state index contributed by atoms with van der Waals surface area (Å²) in [4.78, 5) is 39.0. The molecule has 0 saturated carbocycles. The van der Waals surface area contributed by atoms with Gasteiger partial charge in [-0.1, -0.05) is 12.2 Å². The molecule has 3 N–H and O–H groups in total. The summed E-state index contributed by atoms with van der Waals surface area (Å²) in [6.07, 6.45) is 4.35. The number of aromatic amines is 1. The van der Waals surface area contributed by atoms with Gasteiger partial charge in [-0.15, -0.1) is 0 Å². The highest BCUT2D eigenvalue weighted by molar-refractivity contribution is 5.92. The fourth-order valence-corrected chi connectivity index (χ4v) is 4.62. The number of nitrogens with one attached hydrogen (secondary N) is 1. The van der Waals surface area contributed by atoms with E-state index in [1.165, 1.54) is 6.92 Å². The molecule has 2 heterocycles. The van der Waals surface area contributed by atoms with Gasteiger partial charge < -0.3 is 29.5 Å². The molecule has 2 aromatic heterocycles. The maximum atomic E-state index is 12.6. The number of ether oxygens (including phenoxy) is 3. The topological polar surface area (TPSA) is 126 Å². The molecule has 0 radical (unpaired) electrons. The summed E-state index contributed by atoms with van der Waals surface area (Å²) in [7, 11) is 1.91. The van der Waals surface area contributed by atoms with Gasteiger partial charge in [0.25, 0.3) is 0 Å². The lowest BCUT2D eigenvalue weighted by molar-refractivity contribution is -0.144. The average molecular weight is 584 g/mol. The van der Waals surface area contributed by atoms with Crippen LogP contribution in [-0.2, 0) is 41.8 Å². The van der Waals surface area contributed by atoms with Gasteiger partial charge >= 0.3 is 11.9 Å². The van der Waals surface area contributed by atoms with Gasteiger partial charge in [-0.05, 0) is 78.3 Å². The van der Waals surface area contributed by atoms with Crippen molar-refractivity contribution in [2.24, 2.45) is 12.8 Å². The van der Waals surface area contributed by atoms with Crippen molar-refractivity contribution in [3.8, 4) is 0 Å². The van der Waals surface area contributed by atoms with Crippen LogP contribution in [0.3, 0.4) is 0 Å². The third-order valence-corrected chi connectivity index (χ3v) is 7.83. The molecule has 0 fully saturated rings. The lowest BCUT2D eigenvalue weighted by Crippen LogP contribution is -2.35. The van der Waals surface area contributed by atoms with Gasteiger partial charge in [-0.3, -0.25) is 9.59 Å². The normalized spacial score (nSPS) is 15.6. The first kappa shape index (κ1) is 34.8. The minimum atomic E-state index is -0.815. The zero-order valence-electron chi connectivity index (χ0n) is 26.9. The smallest absolute Gasteiger partial charge is 0.333 e. The lowest BCUT2D eigenvalue weighted by atomic mass is 9.85. The van der Waals surface area contributed by atoms with E-state index in [9.17, 15) is 14.4 Å². The van der Waals surface area contributed by atoms with E-state index in [1.807, 2.05) is 69.7 Å². The Morgan fingerprint density at radius 1 is 0.929 bits per heavy atom. The van der Waals surface area contributed by atoms with Crippen molar-refractivity contribution >= 4 is 17.7 Å². The van der Waals surface area contributed by atoms with Crippen LogP contribution in [0.25, 0.3) is 0 Å². The number of allylic oxidation sites excluding steroid dienone is 2. The van der Waals surface area contributed by atoms with Gasteiger partial charge in [0.2, 0.25) is 0 Å². The van der Waals surface area contributed by atoms with Crippen LogP contribution in [0.1, 0.15) is 103 Å². The summed E-state index contributed by atoms with van der Waals surface area (Å²) in [5.41, 5.74) is 10.4. The number of esters is 2. The van der Waals surface area contributed by atoms with Crippen LogP contribution in [0.2, 0.25) is 0 Å². The highest BCUT2D eigenvalue weighted by Crippen LogP contribution is 2.34. The number of aromatic nitrogens is 2. The molecule has 3 unspecified atom stereocenters. The number of hydrogen-bond donors (Lipinski definition) is 2. The summed E-state index contributed by atoms with van der Waals surface area (Å²) in [5, 5.41) is 0. The van der Waals surface area contributed by atoms with E-state index < -0.39 is 16.9 Å². The second-order valence-corrected chi connectivity index (χ2v) is 11.8. The average Bonchev–Trinajstić information content (AvgIpc) is 3.55. The van der Waals surface area contributed by atoms with Crippen LogP contribution in [0.4, 0.5) is 0 Å². The number of rotatable bonds is 15. The fraction of sp³-hybridized carbons (Fsp3) is 0.545. The Morgan fingerprint density at radius 3 is 2.14 bits per heavy atom. The van der Waals surface area contributed by atoms with E-state index in [-0.39, 0.29) is 24.0 Å². The molecule has 0 aliphatic heterocycles. The second-order valence-electron chi connectivity index (χ2n) is 11.8. The number of hydrogen-bond acceptors (Lipinski definition) is 7. The molecule has 232 valence electrons. The highest BCUT2D eigenvalue weighted by Gasteiger charge is 2.32. The van der Waals surface area contributed by atoms with Crippen molar-refractivity contribution < 1.29 is 28.6 Å². The van der Waals surface area contributed by atoms with Crippen molar-refractivity contribution in [1.82, 2.24) is 9.55 Å². The summed E-state index contributed by atoms with van der Waals surface area (Å²) in [5.74, 6) is -0.680. The number of Topliss-reactive ketones (excluding diaryl/α,β-unsaturated/α-hetero) is 1. The number of nitrogens with two attached hydrogens (primary N) is 1. The van der Waals surface area contributed by atoms with E-state index in [0.29, 0.717) is 37.3 Å². The van der Waals surface area contributed by atoms with Crippen LogP contribution < -0.4 is 5.73 Å². The Balaban J connectivity index is 2.01. The van der Waals surface area contributed by atoms with Gasteiger partial charge in [-0.2, -0.15) is 0 Å². The molecule has 2 rings (SSSR count). The SMILES string of the molecule is CC(=O)OCCC(C)OCCC(C)OC(=O)/C(C)=C/C=C(\C)C(C)(N)c1ccc(C(C)(C)c2ccc(C(C)=O)n2C)[nH]1. The molecular formula is C33H49N3O6. The van der Waals surface area contributed by atoms with Crippen molar-refractivity contribution in [2.45, 2.75) is 98.3 Å². The number of H-pyrrole nitrogens is 1. The molecule has 0 bridgehead atoms. The molecule has 2 aromatic rings. The van der Waals surface area contributed by atoms with Crippen LogP contribution >= 0.6 is 0 Å². The van der Waals surface area contributed by atoms with Crippen molar-refractivity contribution in [3.05, 3.63) is 70.3 Å². The molecule has 0 spiro atoms. The Morgan fingerprint density at radius 2 is 1.55 bits per heavy atom. The number of ketones is 1. The maximum Gasteiger partial charge on any atom is 0.333 e. The van der Waals surface area contributed by atoms with Crippen LogP contribution in [0.15, 0.2) is 47.6 Å². The van der Waals surface area contributed by atoms with E-state index in [4.69, 9.17) is 19.9 Å². The zero-order valence-corrected chi connectivity index (χ0v) is 26.9. The molecule has 3 atom stereocenters. The monoisotopic (exact) mass is 583 g/mol. The largest absolute Gasteiger partial charge is 0.466 e. The van der Waals surface area contributed by atoms with E-state index in [2.05, 4.69) is 18.8 Å². The first-order valence-corrected chi connectivity index (χ1v) is 14.5. The van der Waals surface area contributed by atoms with Crippen molar-refractivity contribution in [2.75, 3.05) is 13.2 Å². The van der Waals surface area contributed by atoms with E-state index in [1.54, 1.807) is 19.9 Å². The van der Waals surface area contributed by atoms with Gasteiger partial charge in [0.05, 0.1) is 30.6 Å². The summed E-state index contributed by atoms with van der Waals surface area (Å²) in [6.45, 7) is 17.2. The summed E-state index contributed by atoms with van der Waals surface area (Å²) >= 11 is 0. The van der Waals surface area contributed by atoms with Gasteiger partial charge in [0.1, 0.15) is 6.10 Å². The van der Waals surface area contributed by atoms with Crippen LogP contribution in [0, 0.1) is 0 Å². The van der Waals surface area contributed by atoms with E-state index in [0.717, 1.165) is 22.7 Å². The Kier molecular flexibility index (Phi) is 12.1. The third kappa shape index (κ3) is 9.03. The Labute approximate surface area is 250 Å². The molecule has 42 heavy (non-hydrogen) atoms. The standard InChI is InChI=1S/C33H49N3O6/c1-21(31(39)42-24(4)18-19-40-23(3)17-20-41-26(6)38)11-12-22(2)33(9,34)29-15-14-28(35-29)32(7,8)30-16-13-27(25(5)37)36(30)10/h11-16,23-24,35H,17-20,34H2,1-10H3/b21-11+,22-12+. The number of nitrogens with zero attached hydrogens (tertiary/aromatic N) is 1. The van der Waals surface area contributed by atoms with Crippen LogP contribution in [0.5, 0.6) is 0 Å². The van der Waals surface area contributed by atoms with Gasteiger partial charge in [-0.25, -0.2) is 4.79 Å². The molecular weight excluding hydrogens is 534 g/mol. The first-order chi connectivity index (χ1) is 19.5. The minimum absolute atomic E-state index is 0.0249. The maximum absolute atomic E-state index is 12.6. The molecule has 0 aromatic carbocycles. The van der Waals surface area contributed by atoms with E-state index >= 15 is 0 Å². The molecule has 0 saturated heterocycles. The Hall–Kier alpha value is -3.43. The predicted molar refractivity (Wildman–Crippen MR) is 164 cm³/mol. The highest BCUT2D eigenvalue weighted by atomic mass is 16.5.